The molecular weight excluding hydrogens is 430 g/mol. The molecule has 1 fully saturated rings. The Balaban J connectivity index is 1.23. The van der Waals surface area contributed by atoms with Gasteiger partial charge in [-0.15, -0.1) is 16.4 Å². The van der Waals surface area contributed by atoms with Gasteiger partial charge < -0.3 is 15.0 Å². The molecule has 1 unspecified atom stereocenters. The molecule has 1 atom stereocenters. The number of hydrogen-bond acceptors (Lipinski definition) is 7. The molecule has 1 saturated heterocycles. The molecule has 3 aromatic heterocycles. The van der Waals surface area contributed by atoms with Gasteiger partial charge in [0, 0.05) is 24.2 Å². The Morgan fingerprint density at radius 1 is 1.28 bits per heavy atom. The molecule has 1 N–H and O–H groups in total. The third-order valence-corrected chi connectivity index (χ3v) is 7.08. The number of nitrogens with one attached hydrogen (secondary N) is 1. The van der Waals surface area contributed by atoms with Crippen molar-refractivity contribution in [3.63, 3.8) is 0 Å². The number of thiophene rings is 1. The van der Waals surface area contributed by atoms with Crippen molar-refractivity contribution in [2.75, 3.05) is 13.1 Å². The average Bonchev–Trinajstić information content (AvgIpc) is 3.58. The van der Waals surface area contributed by atoms with Crippen molar-refractivity contribution >= 4 is 23.2 Å². The van der Waals surface area contributed by atoms with Crippen molar-refractivity contribution in [2.24, 2.45) is 0 Å². The van der Waals surface area contributed by atoms with E-state index >= 15 is 0 Å². The predicted octanol–water partition coefficient (Wildman–Crippen LogP) is 1.61. The highest BCUT2D eigenvalue weighted by molar-refractivity contribution is 7.13. The van der Waals surface area contributed by atoms with Gasteiger partial charge in [-0.3, -0.25) is 14.3 Å². The second-order valence-electron chi connectivity index (χ2n) is 8.21. The van der Waals surface area contributed by atoms with Crippen LogP contribution in [0, 0.1) is 6.92 Å². The topological polar surface area (TPSA) is 107 Å². The Labute approximate surface area is 189 Å². The van der Waals surface area contributed by atoms with E-state index in [9.17, 15) is 9.59 Å². The summed E-state index contributed by atoms with van der Waals surface area (Å²) < 4.78 is 9.77. The molecule has 10 nitrogen and oxygen atoms in total. The first-order valence-corrected chi connectivity index (χ1v) is 11.5. The van der Waals surface area contributed by atoms with Crippen molar-refractivity contribution in [1.82, 2.24) is 35.0 Å². The highest BCUT2D eigenvalue weighted by Crippen LogP contribution is 2.34. The van der Waals surface area contributed by atoms with Gasteiger partial charge in [0.1, 0.15) is 17.0 Å². The highest BCUT2D eigenvalue weighted by atomic mass is 32.1. The fraction of sp³-hybridized carbons (Fsp3) is 0.476. The van der Waals surface area contributed by atoms with E-state index in [1.807, 2.05) is 35.6 Å². The zero-order chi connectivity index (χ0) is 22.3. The third kappa shape index (κ3) is 3.71. The first-order valence-electron chi connectivity index (χ1n) is 10.7. The number of carbonyl (C=O) groups is 2. The lowest BCUT2D eigenvalue weighted by atomic mass is 10.0. The van der Waals surface area contributed by atoms with Gasteiger partial charge in [-0.05, 0) is 38.5 Å². The molecule has 5 rings (SSSR count). The zero-order valence-corrected chi connectivity index (χ0v) is 18.9. The van der Waals surface area contributed by atoms with Crippen LogP contribution in [0.2, 0.25) is 0 Å². The van der Waals surface area contributed by atoms with Gasteiger partial charge in [0.25, 0.3) is 11.8 Å². The fourth-order valence-corrected chi connectivity index (χ4v) is 5.17. The first-order chi connectivity index (χ1) is 15.5. The maximum absolute atomic E-state index is 12.8. The molecule has 32 heavy (non-hydrogen) atoms. The Kier molecular flexibility index (Phi) is 5.30. The second-order valence-corrected chi connectivity index (χ2v) is 9.50. The number of likely N-dealkylation sites (tertiary alicyclic amines) is 1. The summed E-state index contributed by atoms with van der Waals surface area (Å²) in [5, 5.41) is 15.6. The number of amides is 2. The summed E-state index contributed by atoms with van der Waals surface area (Å²) in [6, 6.07) is 5.55. The van der Waals surface area contributed by atoms with Gasteiger partial charge in [-0.2, -0.15) is 5.10 Å². The highest BCUT2D eigenvalue weighted by Gasteiger charge is 2.45. The lowest BCUT2D eigenvalue weighted by molar-refractivity contribution is -0.0828. The summed E-state index contributed by atoms with van der Waals surface area (Å²) >= 11 is 1.52. The molecule has 0 radical (unpaired) electrons. The van der Waals surface area contributed by atoms with Gasteiger partial charge in [0.2, 0.25) is 0 Å². The number of ether oxygens (including phenoxy) is 1. The fourth-order valence-electron chi connectivity index (χ4n) is 4.33. The molecule has 0 bridgehead atoms. The number of nitrogens with zero attached hydrogens (tertiary/aromatic N) is 6. The largest absolute Gasteiger partial charge is 0.365 e. The predicted molar refractivity (Wildman–Crippen MR) is 116 cm³/mol. The van der Waals surface area contributed by atoms with Crippen molar-refractivity contribution in [2.45, 2.75) is 52.1 Å². The van der Waals surface area contributed by atoms with Gasteiger partial charge in [0.15, 0.2) is 0 Å². The molecule has 2 aliphatic heterocycles. The van der Waals surface area contributed by atoms with E-state index in [0.717, 1.165) is 21.9 Å². The van der Waals surface area contributed by atoms with Crippen LogP contribution >= 0.6 is 11.3 Å². The first kappa shape index (κ1) is 20.8. The summed E-state index contributed by atoms with van der Waals surface area (Å²) in [6.45, 7) is 6.92. The number of rotatable bonds is 5. The molecule has 2 aliphatic rings. The minimum Gasteiger partial charge on any atom is -0.365 e. The van der Waals surface area contributed by atoms with E-state index in [-0.39, 0.29) is 18.4 Å². The van der Waals surface area contributed by atoms with Crippen molar-refractivity contribution in [3.8, 4) is 0 Å². The van der Waals surface area contributed by atoms with E-state index in [1.165, 1.54) is 11.3 Å². The van der Waals surface area contributed by atoms with Crippen LogP contribution in [-0.2, 0) is 31.0 Å². The minimum atomic E-state index is -0.448. The molecule has 1 spiro atoms. The SMILES string of the molecule is CCn1nccc1C(=O)NCc1nnn2c1COC1(CCN(C(=O)c3ccc(C)s3)C1)C2. The molecule has 5 heterocycles. The normalized spacial score (nSPS) is 20.0. The maximum Gasteiger partial charge on any atom is 0.269 e. The minimum absolute atomic E-state index is 0.0580. The van der Waals surface area contributed by atoms with Gasteiger partial charge in [-0.25, -0.2) is 4.68 Å². The number of hydrogen-bond donors (Lipinski definition) is 1. The Hall–Kier alpha value is -3.05. The van der Waals surface area contributed by atoms with Crippen LogP contribution < -0.4 is 5.32 Å². The van der Waals surface area contributed by atoms with Crippen LogP contribution in [0.15, 0.2) is 24.4 Å². The van der Waals surface area contributed by atoms with Gasteiger partial charge >= 0.3 is 0 Å². The quantitative estimate of drug-likeness (QED) is 0.626. The van der Waals surface area contributed by atoms with Crippen molar-refractivity contribution in [3.05, 3.63) is 51.2 Å². The van der Waals surface area contributed by atoms with E-state index in [0.29, 0.717) is 44.2 Å². The number of aromatic nitrogens is 5. The van der Waals surface area contributed by atoms with E-state index < -0.39 is 5.60 Å². The summed E-state index contributed by atoms with van der Waals surface area (Å²) in [4.78, 5) is 29.1. The standard InChI is InChI=1S/C21H25N7O3S/c1-3-27-16(6-8-23-27)19(29)22-10-15-17-11-31-21(13-28(17)25-24-15)7-9-26(12-21)20(30)18-5-4-14(2)32-18/h4-6,8H,3,7,9-13H2,1-2H3,(H,22,29). The summed E-state index contributed by atoms with van der Waals surface area (Å²) in [5.41, 5.74) is 1.62. The third-order valence-electron chi connectivity index (χ3n) is 6.09. The lowest BCUT2D eigenvalue weighted by Crippen LogP contribution is -2.45. The number of aryl methyl sites for hydroxylation is 2. The van der Waals surface area contributed by atoms with E-state index in [1.54, 1.807) is 16.9 Å². The Morgan fingerprint density at radius 2 is 2.16 bits per heavy atom. The number of carbonyl (C=O) groups excluding carboxylic acids is 2. The summed E-state index contributed by atoms with van der Waals surface area (Å²) in [6.07, 6.45) is 2.37. The maximum atomic E-state index is 12.8. The monoisotopic (exact) mass is 455 g/mol. The van der Waals surface area contributed by atoms with Crippen LogP contribution in [0.1, 0.15) is 49.8 Å². The molecular formula is C21H25N7O3S. The van der Waals surface area contributed by atoms with E-state index in [2.05, 4.69) is 20.7 Å². The molecule has 168 valence electrons. The smallest absolute Gasteiger partial charge is 0.269 e. The molecule has 2 amide bonds. The Morgan fingerprint density at radius 3 is 2.94 bits per heavy atom. The van der Waals surface area contributed by atoms with Gasteiger partial charge in [-0.1, -0.05) is 5.21 Å². The molecule has 11 heteroatoms. The van der Waals surface area contributed by atoms with Crippen LogP contribution in [-0.4, -0.2) is 60.2 Å². The molecule has 0 saturated carbocycles. The lowest BCUT2D eigenvalue weighted by Gasteiger charge is -2.33. The van der Waals surface area contributed by atoms with Crippen LogP contribution in [0.4, 0.5) is 0 Å². The summed E-state index contributed by atoms with van der Waals surface area (Å²) in [5.74, 6) is -0.143. The average molecular weight is 456 g/mol. The second kappa shape index (κ2) is 8.14. The van der Waals surface area contributed by atoms with Crippen molar-refractivity contribution in [1.29, 1.82) is 0 Å². The number of fused-ring (bicyclic) bond motifs is 1. The van der Waals surface area contributed by atoms with E-state index in [4.69, 9.17) is 4.74 Å². The molecule has 0 aliphatic carbocycles. The van der Waals surface area contributed by atoms with Crippen LogP contribution in [0.25, 0.3) is 0 Å². The van der Waals surface area contributed by atoms with Gasteiger partial charge in [0.05, 0.1) is 36.8 Å². The Bertz CT molecular complexity index is 1170. The van der Waals surface area contributed by atoms with Crippen LogP contribution in [0.5, 0.6) is 0 Å². The van der Waals surface area contributed by atoms with Crippen LogP contribution in [0.3, 0.4) is 0 Å². The zero-order valence-electron chi connectivity index (χ0n) is 18.1. The molecule has 3 aromatic rings. The van der Waals surface area contributed by atoms with Crippen molar-refractivity contribution < 1.29 is 14.3 Å². The molecule has 0 aromatic carbocycles. The summed E-state index contributed by atoms with van der Waals surface area (Å²) in [7, 11) is 0.